The molecule has 4 rings (SSSR count). The van der Waals surface area contributed by atoms with Crippen molar-refractivity contribution in [3.63, 3.8) is 0 Å². The second kappa shape index (κ2) is 6.59. The minimum atomic E-state index is 0.153. The third kappa shape index (κ3) is 2.98. The molecule has 0 radical (unpaired) electrons. The smallest absolute Gasteiger partial charge is 0.227 e. The minimum Gasteiger partial charge on any atom is -0.341 e. The molecular formula is C19H22N4O. The summed E-state index contributed by atoms with van der Waals surface area (Å²) >= 11 is 0. The SMILES string of the molecule is O=C1CCCc2nc(N3CCCCC3)nc(Nc3ccccc3)c21. The van der Waals surface area contributed by atoms with Crippen LogP contribution in [0, 0.1) is 0 Å². The maximum absolute atomic E-state index is 12.5. The molecular weight excluding hydrogens is 300 g/mol. The van der Waals surface area contributed by atoms with Crippen LogP contribution in [-0.2, 0) is 6.42 Å². The Hall–Kier alpha value is -2.43. The fraction of sp³-hybridized carbons (Fsp3) is 0.421. The summed E-state index contributed by atoms with van der Waals surface area (Å²) in [5.74, 6) is 1.58. The molecule has 1 aromatic heterocycles. The second-order valence-electron chi connectivity index (χ2n) is 6.51. The Morgan fingerprint density at radius 3 is 2.50 bits per heavy atom. The van der Waals surface area contributed by atoms with E-state index < -0.39 is 0 Å². The van der Waals surface area contributed by atoms with Crippen molar-refractivity contribution in [3.8, 4) is 0 Å². The number of carbonyl (C=O) groups excluding carboxylic acids is 1. The van der Waals surface area contributed by atoms with Crippen LogP contribution in [0.15, 0.2) is 30.3 Å². The quantitative estimate of drug-likeness (QED) is 0.933. The molecule has 0 atom stereocenters. The highest BCUT2D eigenvalue weighted by Crippen LogP contribution is 2.30. The number of hydrogen-bond donors (Lipinski definition) is 1. The number of Topliss-reactive ketones (excluding diaryl/α,β-unsaturated/α-hetero) is 1. The van der Waals surface area contributed by atoms with Crippen LogP contribution in [0.5, 0.6) is 0 Å². The maximum atomic E-state index is 12.5. The van der Waals surface area contributed by atoms with Crippen molar-refractivity contribution in [2.45, 2.75) is 38.5 Å². The number of anilines is 3. The van der Waals surface area contributed by atoms with E-state index in [0.717, 1.165) is 43.3 Å². The molecule has 1 fully saturated rings. The molecule has 0 spiro atoms. The van der Waals surface area contributed by atoms with Gasteiger partial charge in [0.15, 0.2) is 5.78 Å². The van der Waals surface area contributed by atoms with Crippen molar-refractivity contribution in [2.24, 2.45) is 0 Å². The van der Waals surface area contributed by atoms with Gasteiger partial charge in [0, 0.05) is 25.2 Å². The average Bonchev–Trinajstić information content (AvgIpc) is 2.63. The van der Waals surface area contributed by atoms with Crippen LogP contribution in [-0.4, -0.2) is 28.8 Å². The van der Waals surface area contributed by atoms with Gasteiger partial charge in [-0.25, -0.2) is 4.98 Å². The zero-order valence-electron chi connectivity index (χ0n) is 13.8. The number of nitrogens with one attached hydrogen (secondary N) is 1. The lowest BCUT2D eigenvalue weighted by Crippen LogP contribution is -2.32. The Kier molecular flexibility index (Phi) is 4.15. The predicted molar refractivity (Wildman–Crippen MR) is 95.1 cm³/mol. The van der Waals surface area contributed by atoms with Crippen LogP contribution >= 0.6 is 0 Å². The van der Waals surface area contributed by atoms with Crippen molar-refractivity contribution < 1.29 is 4.79 Å². The Bertz CT molecular complexity index is 739. The van der Waals surface area contributed by atoms with Gasteiger partial charge in [-0.2, -0.15) is 4.98 Å². The van der Waals surface area contributed by atoms with Gasteiger partial charge >= 0.3 is 0 Å². The highest BCUT2D eigenvalue weighted by molar-refractivity contribution is 6.03. The topological polar surface area (TPSA) is 58.1 Å². The van der Waals surface area contributed by atoms with Gasteiger partial charge in [0.1, 0.15) is 5.82 Å². The molecule has 124 valence electrons. The molecule has 0 bridgehead atoms. The van der Waals surface area contributed by atoms with E-state index in [9.17, 15) is 4.79 Å². The summed E-state index contributed by atoms with van der Waals surface area (Å²) in [5, 5.41) is 3.34. The first-order valence-electron chi connectivity index (χ1n) is 8.82. The summed E-state index contributed by atoms with van der Waals surface area (Å²) in [6.07, 6.45) is 5.96. The number of aryl methyl sites for hydroxylation is 1. The zero-order valence-corrected chi connectivity index (χ0v) is 13.8. The van der Waals surface area contributed by atoms with Crippen LogP contribution < -0.4 is 10.2 Å². The van der Waals surface area contributed by atoms with E-state index >= 15 is 0 Å². The second-order valence-corrected chi connectivity index (χ2v) is 6.51. The molecule has 1 N–H and O–H groups in total. The van der Waals surface area contributed by atoms with E-state index in [0.29, 0.717) is 17.8 Å². The fourth-order valence-corrected chi connectivity index (χ4v) is 3.49. The number of aromatic nitrogens is 2. The van der Waals surface area contributed by atoms with Crippen LogP contribution in [0.2, 0.25) is 0 Å². The first-order chi connectivity index (χ1) is 11.8. The molecule has 2 aliphatic rings. The summed E-state index contributed by atoms with van der Waals surface area (Å²) in [4.78, 5) is 24.2. The van der Waals surface area contributed by atoms with Gasteiger partial charge in [-0.15, -0.1) is 0 Å². The number of para-hydroxylation sites is 1. The summed E-state index contributed by atoms with van der Waals surface area (Å²) < 4.78 is 0. The molecule has 0 saturated carbocycles. The standard InChI is InChI=1S/C19H22N4O/c24-16-11-7-10-15-17(16)18(20-14-8-3-1-4-9-14)22-19(21-15)23-12-5-2-6-13-23/h1,3-4,8-9H,2,5-7,10-13H2,(H,20,21,22). The third-order valence-electron chi connectivity index (χ3n) is 4.74. The predicted octanol–water partition coefficient (Wildman–Crippen LogP) is 3.73. The lowest BCUT2D eigenvalue weighted by Gasteiger charge is -2.28. The normalized spacial score (nSPS) is 17.5. The number of piperidine rings is 1. The van der Waals surface area contributed by atoms with E-state index in [1.54, 1.807) is 0 Å². The largest absolute Gasteiger partial charge is 0.341 e. The molecule has 24 heavy (non-hydrogen) atoms. The molecule has 0 unspecified atom stereocenters. The monoisotopic (exact) mass is 322 g/mol. The van der Waals surface area contributed by atoms with Crippen LogP contribution in [0.4, 0.5) is 17.5 Å². The van der Waals surface area contributed by atoms with Crippen molar-refractivity contribution in [1.82, 2.24) is 9.97 Å². The lowest BCUT2D eigenvalue weighted by molar-refractivity contribution is 0.0972. The van der Waals surface area contributed by atoms with Gasteiger partial charge in [-0.3, -0.25) is 4.79 Å². The fourth-order valence-electron chi connectivity index (χ4n) is 3.49. The minimum absolute atomic E-state index is 0.153. The van der Waals surface area contributed by atoms with Gasteiger partial charge in [0.25, 0.3) is 0 Å². The zero-order chi connectivity index (χ0) is 16.4. The molecule has 1 aromatic carbocycles. The van der Waals surface area contributed by atoms with E-state index in [4.69, 9.17) is 9.97 Å². The number of carbonyl (C=O) groups is 1. The van der Waals surface area contributed by atoms with Gasteiger partial charge in [0.05, 0.1) is 11.3 Å². The highest BCUT2D eigenvalue weighted by Gasteiger charge is 2.26. The number of ketones is 1. The van der Waals surface area contributed by atoms with Crippen molar-refractivity contribution in [2.75, 3.05) is 23.3 Å². The Morgan fingerprint density at radius 1 is 0.917 bits per heavy atom. The van der Waals surface area contributed by atoms with Crippen LogP contribution in [0.1, 0.15) is 48.2 Å². The summed E-state index contributed by atoms with van der Waals surface area (Å²) in [6, 6.07) is 9.91. The Balaban J connectivity index is 1.75. The number of hydrogen-bond acceptors (Lipinski definition) is 5. The van der Waals surface area contributed by atoms with E-state index in [1.165, 1.54) is 19.3 Å². The first kappa shape index (κ1) is 15.1. The van der Waals surface area contributed by atoms with Gasteiger partial charge in [-0.1, -0.05) is 18.2 Å². The van der Waals surface area contributed by atoms with Crippen molar-refractivity contribution in [1.29, 1.82) is 0 Å². The maximum Gasteiger partial charge on any atom is 0.227 e. The van der Waals surface area contributed by atoms with E-state index in [-0.39, 0.29) is 5.78 Å². The van der Waals surface area contributed by atoms with Crippen molar-refractivity contribution in [3.05, 3.63) is 41.6 Å². The number of fused-ring (bicyclic) bond motifs is 1. The Labute approximate surface area is 142 Å². The summed E-state index contributed by atoms with van der Waals surface area (Å²) in [7, 11) is 0. The summed E-state index contributed by atoms with van der Waals surface area (Å²) in [6.45, 7) is 2.00. The number of benzene rings is 1. The molecule has 2 heterocycles. The van der Waals surface area contributed by atoms with Crippen molar-refractivity contribution >= 4 is 23.2 Å². The van der Waals surface area contributed by atoms with Gasteiger partial charge < -0.3 is 10.2 Å². The highest BCUT2D eigenvalue weighted by atomic mass is 16.1. The number of rotatable bonds is 3. The van der Waals surface area contributed by atoms with Gasteiger partial charge in [-0.05, 0) is 44.2 Å². The molecule has 0 amide bonds. The molecule has 2 aromatic rings. The summed E-state index contributed by atoms with van der Waals surface area (Å²) in [5.41, 5.74) is 2.53. The molecule has 1 aliphatic heterocycles. The molecule has 1 saturated heterocycles. The van der Waals surface area contributed by atoms with Crippen LogP contribution in [0.25, 0.3) is 0 Å². The first-order valence-corrected chi connectivity index (χ1v) is 8.82. The molecule has 5 heteroatoms. The number of nitrogens with zero attached hydrogens (tertiary/aromatic N) is 3. The van der Waals surface area contributed by atoms with Crippen LogP contribution in [0.3, 0.4) is 0 Å². The molecule has 1 aliphatic carbocycles. The average molecular weight is 322 g/mol. The lowest BCUT2D eigenvalue weighted by atomic mass is 9.95. The van der Waals surface area contributed by atoms with E-state index in [2.05, 4.69) is 10.2 Å². The van der Waals surface area contributed by atoms with E-state index in [1.807, 2.05) is 30.3 Å². The third-order valence-corrected chi connectivity index (χ3v) is 4.74. The molecule has 5 nitrogen and oxygen atoms in total. The van der Waals surface area contributed by atoms with Gasteiger partial charge in [0.2, 0.25) is 5.95 Å². The Morgan fingerprint density at radius 2 is 1.71 bits per heavy atom.